The molecule has 10 heteroatoms. The standard InChI is InChI=1S/C20H16Cl2N2O4S2/c1-30(28)15-6-3-12(4-7-15)18(25)23-8-9-24-19(26)17(29-20(24)27)10-13-2-5-14(21)11-16(13)22/h2-7,10-11H,8-9H2,1H3,(H,23,25)/b17-10-. The molecule has 0 saturated carbocycles. The van der Waals surface area contributed by atoms with Crippen molar-refractivity contribution in [3.63, 3.8) is 0 Å². The van der Waals surface area contributed by atoms with Crippen LogP contribution in [0.25, 0.3) is 6.08 Å². The predicted octanol–water partition coefficient (Wildman–Crippen LogP) is 4.20. The second kappa shape index (κ2) is 9.78. The van der Waals surface area contributed by atoms with E-state index in [1.807, 2.05) is 0 Å². The molecule has 1 heterocycles. The third kappa shape index (κ3) is 5.31. The molecule has 2 aromatic carbocycles. The van der Waals surface area contributed by atoms with Crippen LogP contribution in [0.15, 0.2) is 52.3 Å². The highest BCUT2D eigenvalue weighted by atomic mass is 35.5. The molecule has 3 amide bonds. The van der Waals surface area contributed by atoms with Crippen LogP contribution < -0.4 is 5.32 Å². The van der Waals surface area contributed by atoms with E-state index in [9.17, 15) is 18.6 Å². The molecule has 0 aliphatic carbocycles. The van der Waals surface area contributed by atoms with Crippen molar-refractivity contribution >= 4 is 68.9 Å². The normalized spacial score (nSPS) is 16.2. The van der Waals surface area contributed by atoms with Crippen LogP contribution in [0.5, 0.6) is 0 Å². The van der Waals surface area contributed by atoms with Gasteiger partial charge in [-0.2, -0.15) is 0 Å². The third-order valence-corrected chi connectivity index (χ3v) is 6.60. The maximum atomic E-state index is 12.6. The summed E-state index contributed by atoms with van der Waals surface area (Å²) in [4.78, 5) is 38.9. The molecule has 6 nitrogen and oxygen atoms in total. The van der Waals surface area contributed by atoms with Crippen LogP contribution in [0.1, 0.15) is 15.9 Å². The van der Waals surface area contributed by atoms with Gasteiger partial charge in [-0.25, -0.2) is 0 Å². The minimum Gasteiger partial charge on any atom is -0.350 e. The summed E-state index contributed by atoms with van der Waals surface area (Å²) >= 11 is 12.8. The molecule has 3 rings (SSSR count). The number of hydrogen-bond donors (Lipinski definition) is 1. The molecule has 1 saturated heterocycles. The third-order valence-electron chi connectivity index (χ3n) is 4.19. The molecular formula is C20H16Cl2N2O4S2. The Morgan fingerprint density at radius 1 is 1.17 bits per heavy atom. The van der Waals surface area contributed by atoms with Crippen molar-refractivity contribution in [1.29, 1.82) is 0 Å². The number of halogens is 2. The highest BCUT2D eigenvalue weighted by Crippen LogP contribution is 2.33. The fourth-order valence-electron chi connectivity index (χ4n) is 2.63. The number of carbonyl (C=O) groups is 3. The number of benzene rings is 2. The number of nitrogens with one attached hydrogen (secondary N) is 1. The summed E-state index contributed by atoms with van der Waals surface area (Å²) in [6.07, 6.45) is 3.10. The second-order valence-corrected chi connectivity index (χ2v) is 9.45. The fraction of sp³-hybridized carbons (Fsp3) is 0.150. The molecule has 156 valence electrons. The number of carbonyl (C=O) groups excluding carboxylic acids is 3. The molecule has 1 atom stereocenters. The van der Waals surface area contributed by atoms with Crippen LogP contribution in [-0.2, 0) is 15.6 Å². The van der Waals surface area contributed by atoms with Gasteiger partial charge in [0.05, 0.1) is 4.91 Å². The predicted molar refractivity (Wildman–Crippen MR) is 120 cm³/mol. The van der Waals surface area contributed by atoms with Crippen molar-refractivity contribution in [3.05, 3.63) is 68.5 Å². The van der Waals surface area contributed by atoms with Crippen LogP contribution in [0, 0.1) is 0 Å². The van der Waals surface area contributed by atoms with Gasteiger partial charge in [-0.15, -0.1) is 0 Å². The van der Waals surface area contributed by atoms with Gasteiger partial charge in [0.15, 0.2) is 0 Å². The van der Waals surface area contributed by atoms with Crippen molar-refractivity contribution in [2.45, 2.75) is 4.90 Å². The van der Waals surface area contributed by atoms with Crippen LogP contribution in [0.4, 0.5) is 4.79 Å². The van der Waals surface area contributed by atoms with E-state index >= 15 is 0 Å². The number of thioether (sulfide) groups is 1. The van der Waals surface area contributed by atoms with E-state index in [1.165, 1.54) is 0 Å². The summed E-state index contributed by atoms with van der Waals surface area (Å²) in [5, 5.41) is 3.10. The van der Waals surface area contributed by atoms with Gasteiger partial charge < -0.3 is 5.32 Å². The SMILES string of the molecule is CS(=O)c1ccc(C(=O)NCCN2C(=O)S/C(=C\c3ccc(Cl)cc3Cl)C2=O)cc1. The molecule has 1 N–H and O–H groups in total. The average Bonchev–Trinajstić information content (AvgIpc) is 2.97. The van der Waals surface area contributed by atoms with Gasteiger partial charge in [0.1, 0.15) is 0 Å². The first-order chi connectivity index (χ1) is 14.3. The molecule has 1 aliphatic heterocycles. The molecule has 1 unspecified atom stereocenters. The lowest BCUT2D eigenvalue weighted by molar-refractivity contribution is -0.122. The molecule has 1 aliphatic rings. The van der Waals surface area contributed by atoms with Crippen molar-refractivity contribution in [1.82, 2.24) is 10.2 Å². The van der Waals surface area contributed by atoms with Crippen LogP contribution in [-0.4, -0.2) is 45.5 Å². The number of hydrogen-bond acceptors (Lipinski definition) is 5. The van der Waals surface area contributed by atoms with Crippen molar-refractivity contribution in [2.24, 2.45) is 0 Å². The summed E-state index contributed by atoms with van der Waals surface area (Å²) in [6, 6.07) is 11.2. The van der Waals surface area contributed by atoms with E-state index in [2.05, 4.69) is 5.32 Å². The number of imide groups is 1. The Labute approximate surface area is 190 Å². The van der Waals surface area contributed by atoms with Gasteiger partial charge in [-0.3, -0.25) is 23.5 Å². The monoisotopic (exact) mass is 482 g/mol. The smallest absolute Gasteiger partial charge is 0.293 e. The maximum absolute atomic E-state index is 12.6. The van der Waals surface area contributed by atoms with Gasteiger partial charge >= 0.3 is 0 Å². The number of amides is 3. The maximum Gasteiger partial charge on any atom is 0.293 e. The molecule has 0 aromatic heterocycles. The first kappa shape index (κ1) is 22.6. The minimum absolute atomic E-state index is 0.0408. The Kier molecular flexibility index (Phi) is 7.36. The van der Waals surface area contributed by atoms with E-state index in [4.69, 9.17) is 23.2 Å². The lowest BCUT2D eigenvalue weighted by Crippen LogP contribution is -2.37. The fourth-order valence-corrected chi connectivity index (χ4v) is 4.47. The summed E-state index contributed by atoms with van der Waals surface area (Å²) < 4.78 is 11.4. The Bertz CT molecular complexity index is 1070. The summed E-state index contributed by atoms with van der Waals surface area (Å²) in [5.41, 5.74) is 0.979. The van der Waals surface area contributed by atoms with E-state index in [0.29, 0.717) is 26.1 Å². The van der Waals surface area contributed by atoms with E-state index in [0.717, 1.165) is 16.7 Å². The minimum atomic E-state index is -1.12. The second-order valence-electron chi connectivity index (χ2n) is 6.23. The number of rotatable bonds is 6. The van der Waals surface area contributed by atoms with Crippen LogP contribution >= 0.6 is 35.0 Å². The van der Waals surface area contributed by atoms with E-state index in [1.54, 1.807) is 54.8 Å². The summed E-state index contributed by atoms with van der Waals surface area (Å²) in [6.45, 7) is 0.145. The Morgan fingerprint density at radius 2 is 1.87 bits per heavy atom. The molecule has 0 bridgehead atoms. The van der Waals surface area contributed by atoms with Crippen molar-refractivity contribution in [3.8, 4) is 0 Å². The largest absolute Gasteiger partial charge is 0.350 e. The summed E-state index contributed by atoms with van der Waals surface area (Å²) in [7, 11) is -1.12. The zero-order valence-electron chi connectivity index (χ0n) is 15.7. The van der Waals surface area contributed by atoms with Gasteiger partial charge in [0, 0.05) is 50.6 Å². The quantitative estimate of drug-likeness (QED) is 0.623. The lowest BCUT2D eigenvalue weighted by atomic mass is 10.2. The molecule has 0 spiro atoms. The zero-order valence-corrected chi connectivity index (χ0v) is 18.8. The molecule has 2 aromatic rings. The molecule has 1 fully saturated rings. The first-order valence-electron chi connectivity index (χ1n) is 8.68. The van der Waals surface area contributed by atoms with Gasteiger partial charge in [-0.05, 0) is 59.8 Å². The van der Waals surface area contributed by atoms with Crippen LogP contribution in [0.3, 0.4) is 0 Å². The Morgan fingerprint density at radius 3 is 2.50 bits per heavy atom. The van der Waals surface area contributed by atoms with E-state index in [-0.39, 0.29) is 23.9 Å². The molecular weight excluding hydrogens is 467 g/mol. The number of nitrogens with zero attached hydrogens (tertiary/aromatic N) is 1. The lowest BCUT2D eigenvalue weighted by Gasteiger charge is -2.13. The topological polar surface area (TPSA) is 83.6 Å². The van der Waals surface area contributed by atoms with Gasteiger partial charge in [0.2, 0.25) is 0 Å². The van der Waals surface area contributed by atoms with Crippen molar-refractivity contribution in [2.75, 3.05) is 19.3 Å². The Balaban J connectivity index is 1.60. The molecule has 30 heavy (non-hydrogen) atoms. The average molecular weight is 483 g/mol. The van der Waals surface area contributed by atoms with E-state index < -0.39 is 21.9 Å². The zero-order chi connectivity index (χ0) is 21.8. The van der Waals surface area contributed by atoms with Gasteiger partial charge in [0.25, 0.3) is 17.1 Å². The van der Waals surface area contributed by atoms with Gasteiger partial charge in [-0.1, -0.05) is 29.3 Å². The van der Waals surface area contributed by atoms with Crippen molar-refractivity contribution < 1.29 is 18.6 Å². The first-order valence-corrected chi connectivity index (χ1v) is 11.8. The highest BCUT2D eigenvalue weighted by Gasteiger charge is 2.34. The highest BCUT2D eigenvalue weighted by molar-refractivity contribution is 8.18. The van der Waals surface area contributed by atoms with Crippen LogP contribution in [0.2, 0.25) is 10.0 Å². The Hall–Kier alpha value is -2.13. The molecule has 0 radical (unpaired) electrons. The summed E-state index contributed by atoms with van der Waals surface area (Å²) in [5.74, 6) is -0.793.